The van der Waals surface area contributed by atoms with Crippen LogP contribution in [0.5, 0.6) is 0 Å². The molecule has 0 saturated heterocycles. The minimum Gasteiger partial charge on any atom is -0.253 e. The molecule has 0 bridgehead atoms. The van der Waals surface area contributed by atoms with Crippen LogP contribution in [0.3, 0.4) is 0 Å². The SMILES string of the molecule is CCCCc1nc(-c2ccc(Br)cc2)ccc1CCC. The average Bonchev–Trinajstić information content (AvgIpc) is 2.47. The van der Waals surface area contributed by atoms with Gasteiger partial charge >= 0.3 is 0 Å². The number of unbranched alkanes of at least 4 members (excludes halogenated alkanes) is 1. The summed E-state index contributed by atoms with van der Waals surface area (Å²) in [6, 6.07) is 12.8. The molecule has 2 aromatic rings. The number of aryl methyl sites for hydroxylation is 2. The van der Waals surface area contributed by atoms with E-state index < -0.39 is 0 Å². The van der Waals surface area contributed by atoms with Crippen molar-refractivity contribution in [3.8, 4) is 11.3 Å². The van der Waals surface area contributed by atoms with Crippen LogP contribution in [0, 0.1) is 0 Å². The van der Waals surface area contributed by atoms with E-state index in [2.05, 4.69) is 66.2 Å². The van der Waals surface area contributed by atoms with E-state index in [4.69, 9.17) is 4.98 Å². The van der Waals surface area contributed by atoms with E-state index in [9.17, 15) is 0 Å². The summed E-state index contributed by atoms with van der Waals surface area (Å²) >= 11 is 3.48. The van der Waals surface area contributed by atoms with Gasteiger partial charge in [0.2, 0.25) is 0 Å². The lowest BCUT2D eigenvalue weighted by atomic mass is 10.0. The van der Waals surface area contributed by atoms with Gasteiger partial charge in [-0.05, 0) is 43.0 Å². The van der Waals surface area contributed by atoms with E-state index in [1.54, 1.807) is 0 Å². The first-order valence-corrected chi connectivity index (χ1v) is 8.28. The van der Waals surface area contributed by atoms with Gasteiger partial charge in [-0.15, -0.1) is 0 Å². The largest absolute Gasteiger partial charge is 0.253 e. The second-order valence-electron chi connectivity index (χ2n) is 5.16. The van der Waals surface area contributed by atoms with Crippen molar-refractivity contribution in [1.29, 1.82) is 0 Å². The molecule has 2 rings (SSSR count). The van der Waals surface area contributed by atoms with Crippen LogP contribution in [0.4, 0.5) is 0 Å². The van der Waals surface area contributed by atoms with Crippen molar-refractivity contribution in [2.24, 2.45) is 0 Å². The first kappa shape index (κ1) is 15.2. The zero-order chi connectivity index (χ0) is 14.4. The van der Waals surface area contributed by atoms with Gasteiger partial charge in [-0.2, -0.15) is 0 Å². The van der Waals surface area contributed by atoms with E-state index >= 15 is 0 Å². The molecule has 0 amide bonds. The fourth-order valence-corrected chi connectivity index (χ4v) is 2.63. The van der Waals surface area contributed by atoms with Crippen molar-refractivity contribution in [2.45, 2.75) is 46.0 Å². The summed E-state index contributed by atoms with van der Waals surface area (Å²) in [5, 5.41) is 0. The Balaban J connectivity index is 2.32. The quantitative estimate of drug-likeness (QED) is 0.651. The summed E-state index contributed by atoms with van der Waals surface area (Å²) in [6.07, 6.45) is 5.84. The first-order chi connectivity index (χ1) is 9.74. The molecule has 0 N–H and O–H groups in total. The number of hydrogen-bond acceptors (Lipinski definition) is 1. The highest BCUT2D eigenvalue weighted by Gasteiger charge is 2.07. The Morgan fingerprint density at radius 1 is 0.900 bits per heavy atom. The Morgan fingerprint density at radius 2 is 1.65 bits per heavy atom. The molecule has 0 saturated carbocycles. The van der Waals surface area contributed by atoms with Gasteiger partial charge < -0.3 is 0 Å². The number of aromatic nitrogens is 1. The van der Waals surface area contributed by atoms with E-state index in [0.717, 1.165) is 23.0 Å². The van der Waals surface area contributed by atoms with Crippen LogP contribution >= 0.6 is 15.9 Å². The Hall–Kier alpha value is -1.15. The number of hydrogen-bond donors (Lipinski definition) is 0. The van der Waals surface area contributed by atoms with Gasteiger partial charge in [0.05, 0.1) is 5.69 Å². The van der Waals surface area contributed by atoms with Gasteiger partial charge in [0.25, 0.3) is 0 Å². The Bertz CT molecular complexity index is 546. The predicted molar refractivity (Wildman–Crippen MR) is 90.0 cm³/mol. The van der Waals surface area contributed by atoms with Gasteiger partial charge in [0.1, 0.15) is 0 Å². The fourth-order valence-electron chi connectivity index (χ4n) is 2.37. The van der Waals surface area contributed by atoms with Crippen LogP contribution in [-0.2, 0) is 12.8 Å². The summed E-state index contributed by atoms with van der Waals surface area (Å²) in [6.45, 7) is 4.46. The van der Waals surface area contributed by atoms with Crippen molar-refractivity contribution in [3.63, 3.8) is 0 Å². The number of pyridine rings is 1. The molecule has 0 radical (unpaired) electrons. The maximum absolute atomic E-state index is 4.91. The number of nitrogens with zero attached hydrogens (tertiary/aromatic N) is 1. The molecule has 0 unspecified atom stereocenters. The van der Waals surface area contributed by atoms with Crippen molar-refractivity contribution in [2.75, 3.05) is 0 Å². The monoisotopic (exact) mass is 331 g/mol. The molecule has 1 aromatic carbocycles. The van der Waals surface area contributed by atoms with Crippen LogP contribution in [0.2, 0.25) is 0 Å². The summed E-state index contributed by atoms with van der Waals surface area (Å²) in [4.78, 5) is 4.91. The van der Waals surface area contributed by atoms with Crippen LogP contribution in [-0.4, -0.2) is 4.98 Å². The van der Waals surface area contributed by atoms with Gasteiger partial charge in [-0.3, -0.25) is 4.98 Å². The second kappa shape index (κ2) is 7.58. The van der Waals surface area contributed by atoms with Crippen molar-refractivity contribution in [3.05, 3.63) is 52.1 Å². The third-order valence-electron chi connectivity index (χ3n) is 3.49. The molecule has 0 aliphatic carbocycles. The molecule has 1 aromatic heterocycles. The molecular weight excluding hydrogens is 310 g/mol. The third kappa shape index (κ3) is 3.92. The molecule has 0 atom stereocenters. The normalized spacial score (nSPS) is 10.8. The lowest BCUT2D eigenvalue weighted by Crippen LogP contribution is -2.00. The van der Waals surface area contributed by atoms with Gasteiger partial charge in [0.15, 0.2) is 0 Å². The van der Waals surface area contributed by atoms with E-state index in [1.165, 1.54) is 36.1 Å². The highest BCUT2D eigenvalue weighted by atomic mass is 79.9. The molecule has 0 fully saturated rings. The predicted octanol–water partition coefficient (Wildman–Crippen LogP) is 5.81. The summed E-state index contributed by atoms with van der Waals surface area (Å²) in [5.74, 6) is 0. The summed E-state index contributed by atoms with van der Waals surface area (Å²) in [5.41, 5.74) is 4.98. The Kier molecular flexibility index (Phi) is 5.78. The second-order valence-corrected chi connectivity index (χ2v) is 6.08. The lowest BCUT2D eigenvalue weighted by molar-refractivity contribution is 0.760. The zero-order valence-electron chi connectivity index (χ0n) is 12.3. The average molecular weight is 332 g/mol. The minimum atomic E-state index is 1.09. The fraction of sp³-hybridized carbons (Fsp3) is 0.389. The summed E-state index contributed by atoms with van der Waals surface area (Å²) < 4.78 is 1.11. The van der Waals surface area contributed by atoms with Crippen molar-refractivity contribution >= 4 is 15.9 Å². The van der Waals surface area contributed by atoms with Gasteiger partial charge in [-0.1, -0.05) is 60.8 Å². The van der Waals surface area contributed by atoms with Crippen LogP contribution < -0.4 is 0 Å². The molecule has 2 heteroatoms. The van der Waals surface area contributed by atoms with Crippen LogP contribution in [0.15, 0.2) is 40.9 Å². The molecule has 1 heterocycles. The van der Waals surface area contributed by atoms with E-state index in [0.29, 0.717) is 0 Å². The molecule has 20 heavy (non-hydrogen) atoms. The van der Waals surface area contributed by atoms with Crippen molar-refractivity contribution in [1.82, 2.24) is 4.98 Å². The molecule has 0 spiro atoms. The molecule has 0 aliphatic rings. The Labute approximate surface area is 130 Å². The lowest BCUT2D eigenvalue weighted by Gasteiger charge is -2.10. The Morgan fingerprint density at radius 3 is 2.30 bits per heavy atom. The van der Waals surface area contributed by atoms with Crippen LogP contribution in [0.1, 0.15) is 44.4 Å². The topological polar surface area (TPSA) is 12.9 Å². The highest BCUT2D eigenvalue weighted by Crippen LogP contribution is 2.23. The van der Waals surface area contributed by atoms with Gasteiger partial charge in [0, 0.05) is 15.7 Å². The maximum atomic E-state index is 4.91. The maximum Gasteiger partial charge on any atom is 0.0705 e. The first-order valence-electron chi connectivity index (χ1n) is 7.49. The standard InChI is InChI=1S/C18H22BrN/c1-3-5-7-17-14(6-4-2)10-13-18(20-17)15-8-11-16(19)12-9-15/h8-13H,3-7H2,1-2H3. The molecule has 0 aliphatic heterocycles. The number of halogens is 1. The number of rotatable bonds is 6. The van der Waals surface area contributed by atoms with Gasteiger partial charge in [-0.25, -0.2) is 0 Å². The summed E-state index contributed by atoms with van der Waals surface area (Å²) in [7, 11) is 0. The highest BCUT2D eigenvalue weighted by molar-refractivity contribution is 9.10. The minimum absolute atomic E-state index is 1.09. The third-order valence-corrected chi connectivity index (χ3v) is 4.02. The van der Waals surface area contributed by atoms with E-state index in [1.807, 2.05) is 0 Å². The number of benzene rings is 1. The van der Waals surface area contributed by atoms with Crippen molar-refractivity contribution < 1.29 is 0 Å². The molecule has 106 valence electrons. The molecular formula is C18H22BrN. The zero-order valence-corrected chi connectivity index (χ0v) is 13.9. The van der Waals surface area contributed by atoms with E-state index in [-0.39, 0.29) is 0 Å². The molecule has 1 nitrogen and oxygen atoms in total. The smallest absolute Gasteiger partial charge is 0.0705 e. The van der Waals surface area contributed by atoms with Crippen LogP contribution in [0.25, 0.3) is 11.3 Å².